The molecule has 0 atom stereocenters. The molecule has 5 nitrogen and oxygen atoms in total. The summed E-state index contributed by atoms with van der Waals surface area (Å²) in [5.41, 5.74) is 9.36. The summed E-state index contributed by atoms with van der Waals surface area (Å²) < 4.78 is 0. The minimum atomic E-state index is -0.377. The Morgan fingerprint density at radius 2 is 1.82 bits per heavy atom. The van der Waals surface area contributed by atoms with Crippen LogP contribution >= 0.6 is 23.2 Å². The third-order valence-electron chi connectivity index (χ3n) is 5.03. The highest BCUT2D eigenvalue weighted by Gasteiger charge is 2.21. The molecule has 0 radical (unpaired) electrons. The van der Waals surface area contributed by atoms with Gasteiger partial charge < -0.3 is 21.3 Å². The van der Waals surface area contributed by atoms with Crippen LogP contribution in [-0.2, 0) is 12.0 Å². The van der Waals surface area contributed by atoms with Gasteiger partial charge in [0.15, 0.2) is 0 Å². The molecule has 2 rings (SSSR count). The normalized spacial score (nSPS) is 12.6. The molecule has 4 N–H and O–H groups in total. The molecule has 7 heteroatoms. The molecular weight excluding hydrogens is 455 g/mol. The number of nitrogens with two attached hydrogens (primary N) is 1. The second-order valence-corrected chi connectivity index (χ2v) is 9.57. The SMILES string of the molecule is C=C/C(Cl)=C\C=C(/N)NC(=O)c1cc(Cl)ccc1NCc1ccc(C(C)(C)CN(C)C)cc1. The summed E-state index contributed by atoms with van der Waals surface area (Å²) in [4.78, 5) is 15.0. The van der Waals surface area contributed by atoms with Crippen LogP contribution in [0, 0.1) is 0 Å². The minimum Gasteiger partial charge on any atom is -0.385 e. The van der Waals surface area contributed by atoms with Gasteiger partial charge in [-0.3, -0.25) is 4.79 Å². The van der Waals surface area contributed by atoms with Gasteiger partial charge >= 0.3 is 0 Å². The summed E-state index contributed by atoms with van der Waals surface area (Å²) in [6, 6.07) is 13.6. The molecule has 0 fully saturated rings. The lowest BCUT2D eigenvalue weighted by Crippen LogP contribution is -2.32. The maximum absolute atomic E-state index is 12.8. The fraction of sp³-hybridized carbons (Fsp3) is 0.269. The van der Waals surface area contributed by atoms with Gasteiger partial charge in [-0.1, -0.05) is 74.0 Å². The Balaban J connectivity index is 2.13. The third-order valence-corrected chi connectivity index (χ3v) is 5.55. The van der Waals surface area contributed by atoms with E-state index in [1.165, 1.54) is 17.7 Å². The van der Waals surface area contributed by atoms with Crippen molar-refractivity contribution in [1.29, 1.82) is 0 Å². The second kappa shape index (κ2) is 11.9. The molecular formula is C26H32Cl2N4O. The van der Waals surface area contributed by atoms with Crippen LogP contribution < -0.4 is 16.4 Å². The summed E-state index contributed by atoms with van der Waals surface area (Å²) in [5.74, 6) is -0.223. The van der Waals surface area contributed by atoms with Crippen molar-refractivity contribution in [2.24, 2.45) is 5.73 Å². The first-order valence-electron chi connectivity index (χ1n) is 10.6. The average Bonchev–Trinajstić information content (AvgIpc) is 2.75. The molecule has 0 bridgehead atoms. The van der Waals surface area contributed by atoms with Gasteiger partial charge in [-0.2, -0.15) is 0 Å². The number of likely N-dealkylation sites (N-methyl/N-ethyl adjacent to an activating group) is 1. The van der Waals surface area contributed by atoms with E-state index in [9.17, 15) is 4.79 Å². The number of halogens is 2. The monoisotopic (exact) mass is 486 g/mol. The molecule has 0 aromatic heterocycles. The van der Waals surface area contributed by atoms with Crippen LogP contribution in [0.2, 0.25) is 5.02 Å². The van der Waals surface area contributed by atoms with Gasteiger partial charge in [0.2, 0.25) is 0 Å². The van der Waals surface area contributed by atoms with Gasteiger partial charge in [-0.25, -0.2) is 0 Å². The fourth-order valence-corrected chi connectivity index (χ4v) is 3.72. The van der Waals surface area contributed by atoms with Crippen LogP contribution in [0.3, 0.4) is 0 Å². The number of carbonyl (C=O) groups is 1. The van der Waals surface area contributed by atoms with Crippen molar-refractivity contribution in [3.8, 4) is 0 Å². The Morgan fingerprint density at radius 1 is 1.15 bits per heavy atom. The largest absolute Gasteiger partial charge is 0.385 e. The lowest BCUT2D eigenvalue weighted by Gasteiger charge is -2.29. The molecule has 0 aliphatic rings. The van der Waals surface area contributed by atoms with Crippen molar-refractivity contribution in [2.75, 3.05) is 26.0 Å². The zero-order valence-electron chi connectivity index (χ0n) is 19.6. The van der Waals surface area contributed by atoms with Gasteiger partial charge in [0, 0.05) is 34.2 Å². The highest BCUT2D eigenvalue weighted by atomic mass is 35.5. The van der Waals surface area contributed by atoms with E-state index in [1.807, 2.05) is 0 Å². The van der Waals surface area contributed by atoms with Crippen LogP contribution in [0.4, 0.5) is 5.69 Å². The molecule has 0 spiro atoms. The molecule has 176 valence electrons. The van der Waals surface area contributed by atoms with Crippen molar-refractivity contribution in [1.82, 2.24) is 10.2 Å². The smallest absolute Gasteiger partial charge is 0.258 e. The summed E-state index contributed by atoms with van der Waals surface area (Å²) in [6.45, 7) is 9.55. The van der Waals surface area contributed by atoms with Gasteiger partial charge in [-0.15, -0.1) is 0 Å². The highest BCUT2D eigenvalue weighted by molar-refractivity contribution is 6.31. The van der Waals surface area contributed by atoms with Crippen molar-refractivity contribution in [3.05, 3.63) is 99.8 Å². The molecule has 2 aromatic rings. The first-order chi connectivity index (χ1) is 15.5. The molecule has 0 heterocycles. The Labute approximate surface area is 206 Å². The van der Waals surface area contributed by atoms with E-state index in [2.05, 4.69) is 74.3 Å². The standard InChI is InChI=1S/C26H32Cl2N4O/c1-6-20(27)12-14-24(29)31-25(33)22-15-21(28)11-13-23(22)30-16-18-7-9-19(10-8-18)26(2,3)17-32(4)5/h6-15,30H,1,16-17,29H2,2-5H3,(H,31,33)/b20-12+,24-14+. The first kappa shape index (κ1) is 26.5. The van der Waals surface area contributed by atoms with Crippen molar-refractivity contribution in [3.63, 3.8) is 0 Å². The second-order valence-electron chi connectivity index (χ2n) is 8.69. The van der Waals surface area contributed by atoms with Crippen LogP contribution in [0.25, 0.3) is 0 Å². The van der Waals surface area contributed by atoms with Crippen LogP contribution in [0.1, 0.15) is 35.3 Å². The number of nitrogens with zero attached hydrogens (tertiary/aromatic N) is 1. The quantitative estimate of drug-likeness (QED) is 0.380. The van der Waals surface area contributed by atoms with Crippen molar-refractivity contribution < 1.29 is 4.79 Å². The molecule has 0 saturated carbocycles. The molecule has 1 amide bonds. The number of rotatable bonds is 10. The predicted molar refractivity (Wildman–Crippen MR) is 141 cm³/mol. The topological polar surface area (TPSA) is 70.4 Å². The van der Waals surface area contributed by atoms with E-state index in [0.717, 1.165) is 12.1 Å². The van der Waals surface area contributed by atoms with Gasteiger partial charge in [0.25, 0.3) is 5.91 Å². The summed E-state index contributed by atoms with van der Waals surface area (Å²) in [7, 11) is 4.16. The van der Waals surface area contributed by atoms with Crippen LogP contribution in [0.5, 0.6) is 0 Å². The van der Waals surface area contributed by atoms with E-state index in [4.69, 9.17) is 28.9 Å². The molecule has 0 aliphatic heterocycles. The van der Waals surface area contributed by atoms with Crippen LogP contribution in [0.15, 0.2) is 78.1 Å². The number of hydrogen-bond donors (Lipinski definition) is 3. The number of hydrogen-bond acceptors (Lipinski definition) is 4. The zero-order chi connectivity index (χ0) is 24.6. The maximum atomic E-state index is 12.8. The van der Waals surface area contributed by atoms with E-state index in [-0.39, 0.29) is 17.1 Å². The third kappa shape index (κ3) is 8.28. The molecule has 0 unspecified atom stereocenters. The summed E-state index contributed by atoms with van der Waals surface area (Å²) in [5, 5.41) is 6.83. The predicted octanol–water partition coefficient (Wildman–Crippen LogP) is 5.63. The van der Waals surface area contributed by atoms with Crippen molar-refractivity contribution >= 4 is 34.8 Å². The van der Waals surface area contributed by atoms with Gasteiger partial charge in [0.05, 0.1) is 5.56 Å². The maximum Gasteiger partial charge on any atom is 0.258 e. The number of benzene rings is 2. The number of nitrogens with one attached hydrogen (secondary N) is 2. The molecule has 33 heavy (non-hydrogen) atoms. The van der Waals surface area contributed by atoms with Crippen LogP contribution in [-0.4, -0.2) is 31.4 Å². The Hall–Kier alpha value is -2.73. The van der Waals surface area contributed by atoms with Gasteiger partial charge in [-0.05, 0) is 55.6 Å². The average molecular weight is 487 g/mol. The lowest BCUT2D eigenvalue weighted by molar-refractivity contribution is 0.0966. The summed E-state index contributed by atoms with van der Waals surface area (Å²) >= 11 is 12.0. The highest BCUT2D eigenvalue weighted by Crippen LogP contribution is 2.25. The van der Waals surface area contributed by atoms with Crippen molar-refractivity contribution in [2.45, 2.75) is 25.8 Å². The zero-order valence-corrected chi connectivity index (χ0v) is 21.1. The van der Waals surface area contributed by atoms with Gasteiger partial charge in [0.1, 0.15) is 5.82 Å². The minimum absolute atomic E-state index is 0.0510. The molecule has 2 aromatic carbocycles. The first-order valence-corrected chi connectivity index (χ1v) is 11.3. The van der Waals surface area contributed by atoms with E-state index in [0.29, 0.717) is 27.9 Å². The van der Waals surface area contributed by atoms with E-state index in [1.54, 1.807) is 24.3 Å². The van der Waals surface area contributed by atoms with E-state index < -0.39 is 0 Å². The summed E-state index contributed by atoms with van der Waals surface area (Å²) in [6.07, 6.45) is 4.52. The number of carbonyl (C=O) groups excluding carboxylic acids is 1. The number of allylic oxidation sites excluding steroid dienone is 4. The Morgan fingerprint density at radius 3 is 2.42 bits per heavy atom. The molecule has 0 saturated heterocycles. The molecule has 0 aliphatic carbocycles. The number of anilines is 1. The number of amides is 1. The Kier molecular flexibility index (Phi) is 9.59. The lowest BCUT2D eigenvalue weighted by atomic mass is 9.84. The Bertz CT molecular complexity index is 1040. The van der Waals surface area contributed by atoms with E-state index >= 15 is 0 Å². The fourth-order valence-electron chi connectivity index (χ4n) is 3.49.